The van der Waals surface area contributed by atoms with E-state index in [-0.39, 0.29) is 12.3 Å². The zero-order valence-corrected chi connectivity index (χ0v) is 10.2. The molecule has 1 unspecified atom stereocenters. The van der Waals surface area contributed by atoms with Crippen molar-refractivity contribution in [2.45, 2.75) is 19.4 Å². The van der Waals surface area contributed by atoms with Crippen LogP contribution in [0.25, 0.3) is 0 Å². The second-order valence-electron chi connectivity index (χ2n) is 3.98. The number of rotatable bonds is 4. The van der Waals surface area contributed by atoms with Crippen LogP contribution in [0.15, 0.2) is 0 Å². The van der Waals surface area contributed by atoms with Crippen LogP contribution >= 0.6 is 23.1 Å². The molecule has 2 heterocycles. The van der Waals surface area contributed by atoms with Gasteiger partial charge in [-0.1, -0.05) is 16.1 Å². The summed E-state index contributed by atoms with van der Waals surface area (Å²) in [5, 5.41) is 12.6. The van der Waals surface area contributed by atoms with Crippen molar-refractivity contribution in [1.29, 1.82) is 0 Å². The first-order valence-electron chi connectivity index (χ1n) is 5.06. The summed E-state index contributed by atoms with van der Waals surface area (Å²) < 4.78 is 4.40. The molecule has 1 aromatic heterocycles. The monoisotopic (exact) mass is 261 g/mol. The number of aromatic nitrogens is 2. The van der Waals surface area contributed by atoms with E-state index in [1.165, 1.54) is 11.5 Å². The summed E-state index contributed by atoms with van der Waals surface area (Å²) in [6, 6.07) is 0. The fourth-order valence-corrected chi connectivity index (χ4v) is 2.59. The Kier molecular flexibility index (Phi) is 3.73. The minimum atomic E-state index is -0.722. The molecule has 0 aliphatic carbocycles. The molecule has 1 aliphatic rings. The van der Waals surface area contributed by atoms with Gasteiger partial charge in [0.1, 0.15) is 10.0 Å². The number of hydrogen-bond acceptors (Lipinski definition) is 5. The average Bonchev–Trinajstić information content (AvgIpc) is 2.77. The summed E-state index contributed by atoms with van der Waals surface area (Å²) in [5.41, 5.74) is 0.794. The smallest absolute Gasteiger partial charge is 0.303 e. The van der Waals surface area contributed by atoms with Gasteiger partial charge in [-0.25, -0.2) is 0 Å². The van der Waals surface area contributed by atoms with E-state index >= 15 is 0 Å². The Morgan fingerprint density at radius 1 is 1.69 bits per heavy atom. The Balaban J connectivity index is 1.85. The predicted molar refractivity (Wildman–Crippen MR) is 60.6 cm³/mol. The van der Waals surface area contributed by atoms with E-state index in [0.29, 0.717) is 10.9 Å². The van der Waals surface area contributed by atoms with Crippen LogP contribution in [0, 0.1) is 5.92 Å². The third-order valence-corrected chi connectivity index (χ3v) is 3.70. The molecule has 1 aliphatic heterocycles. The van der Waals surface area contributed by atoms with Crippen LogP contribution in [0.2, 0.25) is 4.34 Å². The van der Waals surface area contributed by atoms with Crippen molar-refractivity contribution in [2.75, 3.05) is 13.1 Å². The average molecular weight is 262 g/mol. The molecule has 0 radical (unpaired) electrons. The van der Waals surface area contributed by atoms with Crippen molar-refractivity contribution < 1.29 is 9.90 Å². The molecule has 1 saturated heterocycles. The molecule has 0 bridgehead atoms. The van der Waals surface area contributed by atoms with E-state index in [2.05, 4.69) is 14.5 Å². The molecular weight excluding hydrogens is 250 g/mol. The lowest BCUT2D eigenvalue weighted by Gasteiger charge is -2.13. The highest BCUT2D eigenvalue weighted by Crippen LogP contribution is 2.24. The topological polar surface area (TPSA) is 66.3 Å². The van der Waals surface area contributed by atoms with E-state index in [4.69, 9.17) is 16.7 Å². The van der Waals surface area contributed by atoms with Crippen molar-refractivity contribution >= 4 is 29.1 Å². The Morgan fingerprint density at radius 3 is 3.12 bits per heavy atom. The molecule has 16 heavy (non-hydrogen) atoms. The second kappa shape index (κ2) is 5.07. The highest BCUT2D eigenvalue weighted by Gasteiger charge is 2.25. The van der Waals surface area contributed by atoms with Gasteiger partial charge in [0, 0.05) is 31.0 Å². The van der Waals surface area contributed by atoms with Crippen molar-refractivity contribution in [1.82, 2.24) is 14.5 Å². The van der Waals surface area contributed by atoms with Gasteiger partial charge in [0.15, 0.2) is 0 Å². The largest absolute Gasteiger partial charge is 0.481 e. The van der Waals surface area contributed by atoms with E-state index < -0.39 is 5.97 Å². The predicted octanol–water partition coefficient (Wildman–Crippen LogP) is 1.49. The third kappa shape index (κ3) is 2.90. The standard InChI is InChI=1S/C9H12ClN3O2S/c10-9-7(11-12-16-9)5-13-2-1-6(4-13)3-8(14)15/h6H,1-5H2,(H,14,15). The number of carboxylic acid groups (broad SMARTS) is 1. The van der Waals surface area contributed by atoms with Gasteiger partial charge in [-0.05, 0) is 18.9 Å². The lowest BCUT2D eigenvalue weighted by Crippen LogP contribution is -2.21. The fraction of sp³-hybridized carbons (Fsp3) is 0.667. The maximum Gasteiger partial charge on any atom is 0.303 e. The SMILES string of the molecule is O=C(O)CC1CCN(Cc2nnsc2Cl)C1. The number of halogens is 1. The molecular formula is C9H12ClN3O2S. The normalized spacial score (nSPS) is 21.4. The molecule has 1 aromatic rings. The van der Waals surface area contributed by atoms with Gasteiger partial charge in [-0.15, -0.1) is 5.10 Å². The van der Waals surface area contributed by atoms with E-state index in [0.717, 1.165) is 25.2 Å². The van der Waals surface area contributed by atoms with Crippen LogP contribution in [0.1, 0.15) is 18.5 Å². The fourth-order valence-electron chi connectivity index (χ4n) is 1.97. The molecule has 2 rings (SSSR count). The van der Waals surface area contributed by atoms with Gasteiger partial charge in [-0.2, -0.15) is 0 Å². The minimum absolute atomic E-state index is 0.250. The van der Waals surface area contributed by atoms with E-state index in [1.54, 1.807) is 0 Å². The van der Waals surface area contributed by atoms with Crippen LogP contribution < -0.4 is 0 Å². The van der Waals surface area contributed by atoms with Crippen LogP contribution in [0.3, 0.4) is 0 Å². The van der Waals surface area contributed by atoms with Gasteiger partial charge in [0.05, 0.1) is 0 Å². The molecule has 0 saturated carbocycles. The molecule has 0 aromatic carbocycles. The molecule has 1 atom stereocenters. The number of nitrogens with zero attached hydrogens (tertiary/aromatic N) is 3. The van der Waals surface area contributed by atoms with Crippen LogP contribution in [0.5, 0.6) is 0 Å². The Labute approximate surface area is 102 Å². The van der Waals surface area contributed by atoms with Gasteiger partial charge in [0.2, 0.25) is 0 Å². The zero-order valence-electron chi connectivity index (χ0n) is 8.60. The summed E-state index contributed by atoms with van der Waals surface area (Å²) >= 11 is 7.09. The maximum atomic E-state index is 10.6. The molecule has 7 heteroatoms. The summed E-state index contributed by atoms with van der Waals surface area (Å²) in [7, 11) is 0. The maximum absolute atomic E-state index is 10.6. The third-order valence-electron chi connectivity index (χ3n) is 2.72. The Bertz CT molecular complexity index is 385. The van der Waals surface area contributed by atoms with Crippen LogP contribution in [0.4, 0.5) is 0 Å². The van der Waals surface area contributed by atoms with Gasteiger partial charge in [0.25, 0.3) is 0 Å². The molecule has 0 spiro atoms. The van der Waals surface area contributed by atoms with E-state index in [1.807, 2.05) is 0 Å². The molecule has 1 fully saturated rings. The van der Waals surface area contributed by atoms with Gasteiger partial charge >= 0.3 is 5.97 Å². The van der Waals surface area contributed by atoms with Crippen LogP contribution in [-0.2, 0) is 11.3 Å². The second-order valence-corrected chi connectivity index (χ2v) is 5.34. The van der Waals surface area contributed by atoms with Crippen molar-refractivity contribution in [3.8, 4) is 0 Å². The molecule has 88 valence electrons. The number of hydrogen-bond donors (Lipinski definition) is 1. The van der Waals surface area contributed by atoms with Crippen LogP contribution in [-0.4, -0.2) is 38.7 Å². The highest BCUT2D eigenvalue weighted by atomic mass is 35.5. The first-order valence-corrected chi connectivity index (χ1v) is 6.21. The molecule has 1 N–H and O–H groups in total. The molecule has 0 amide bonds. The Morgan fingerprint density at radius 2 is 2.50 bits per heavy atom. The molecule has 5 nitrogen and oxygen atoms in total. The Hall–Kier alpha value is -0.720. The van der Waals surface area contributed by atoms with E-state index in [9.17, 15) is 4.79 Å². The highest BCUT2D eigenvalue weighted by molar-refractivity contribution is 7.10. The van der Waals surface area contributed by atoms with Gasteiger partial charge < -0.3 is 5.11 Å². The summed E-state index contributed by atoms with van der Waals surface area (Å²) in [5.74, 6) is -0.469. The number of carboxylic acids is 1. The first kappa shape index (κ1) is 11.8. The van der Waals surface area contributed by atoms with Crippen molar-refractivity contribution in [2.24, 2.45) is 5.92 Å². The van der Waals surface area contributed by atoms with Gasteiger partial charge in [-0.3, -0.25) is 9.69 Å². The quantitative estimate of drug-likeness (QED) is 0.890. The first-order chi connectivity index (χ1) is 7.65. The minimum Gasteiger partial charge on any atom is -0.481 e. The number of likely N-dealkylation sites (tertiary alicyclic amines) is 1. The number of carbonyl (C=O) groups is 1. The summed E-state index contributed by atoms with van der Waals surface area (Å²) in [6.45, 7) is 2.39. The van der Waals surface area contributed by atoms with Crippen molar-refractivity contribution in [3.63, 3.8) is 0 Å². The lowest BCUT2D eigenvalue weighted by molar-refractivity contribution is -0.138. The summed E-state index contributed by atoms with van der Waals surface area (Å²) in [4.78, 5) is 12.7. The zero-order chi connectivity index (χ0) is 11.5. The number of aliphatic carboxylic acids is 1. The van der Waals surface area contributed by atoms with Crippen molar-refractivity contribution in [3.05, 3.63) is 10.0 Å². The summed E-state index contributed by atoms with van der Waals surface area (Å²) in [6.07, 6.45) is 1.18. The lowest BCUT2D eigenvalue weighted by atomic mass is 10.1.